The molecular weight excluding hydrogens is 478 g/mol. The predicted octanol–water partition coefficient (Wildman–Crippen LogP) is 4.18. The summed E-state index contributed by atoms with van der Waals surface area (Å²) in [5.74, 6) is -0.760. The highest BCUT2D eigenvalue weighted by atomic mass is 32.2. The number of hydrogen-bond acceptors (Lipinski definition) is 6. The number of ether oxygens (including phenoxy) is 1. The number of nitrogens with zero attached hydrogens (tertiary/aromatic N) is 2. The Morgan fingerprint density at radius 3 is 2.25 bits per heavy atom. The van der Waals surface area contributed by atoms with Gasteiger partial charge >= 0.3 is 5.97 Å². The number of amides is 1. The molecule has 0 radical (unpaired) electrons. The van der Waals surface area contributed by atoms with E-state index in [4.69, 9.17) is 10.00 Å². The number of esters is 1. The highest BCUT2D eigenvalue weighted by Crippen LogP contribution is 2.32. The van der Waals surface area contributed by atoms with Crippen molar-refractivity contribution in [2.75, 3.05) is 11.8 Å². The van der Waals surface area contributed by atoms with E-state index in [2.05, 4.69) is 4.72 Å². The van der Waals surface area contributed by atoms with Crippen molar-refractivity contribution in [1.29, 1.82) is 5.26 Å². The Hall–Kier alpha value is -4.16. The number of carbonyl (C=O) groups excluding carboxylic acids is 2. The van der Waals surface area contributed by atoms with Crippen LogP contribution in [-0.2, 0) is 26.1 Å². The fourth-order valence-corrected chi connectivity index (χ4v) is 5.32. The number of methoxy groups -OCH3 is 1. The lowest BCUT2D eigenvalue weighted by molar-refractivity contribution is -0.147. The van der Waals surface area contributed by atoms with Crippen molar-refractivity contribution in [2.24, 2.45) is 5.92 Å². The van der Waals surface area contributed by atoms with E-state index in [-0.39, 0.29) is 16.7 Å². The first kappa shape index (κ1) is 24.9. The number of sulfonamides is 1. The van der Waals surface area contributed by atoms with Crippen LogP contribution in [0, 0.1) is 17.2 Å². The summed E-state index contributed by atoms with van der Waals surface area (Å²) in [4.78, 5) is 27.1. The van der Waals surface area contributed by atoms with Crippen LogP contribution in [0.25, 0.3) is 11.1 Å². The number of rotatable bonds is 7. The molecule has 1 amide bonds. The molecule has 3 aromatic rings. The second kappa shape index (κ2) is 9.84. The lowest BCUT2D eigenvalue weighted by atomic mass is 10.0. The van der Waals surface area contributed by atoms with Gasteiger partial charge in [-0.25, -0.2) is 13.2 Å². The van der Waals surface area contributed by atoms with E-state index >= 15 is 0 Å². The van der Waals surface area contributed by atoms with Crippen LogP contribution in [0.2, 0.25) is 0 Å². The first-order valence-electron chi connectivity index (χ1n) is 11.3. The van der Waals surface area contributed by atoms with Gasteiger partial charge in [0.1, 0.15) is 6.04 Å². The zero-order chi connectivity index (χ0) is 26.0. The van der Waals surface area contributed by atoms with Crippen LogP contribution in [0.3, 0.4) is 0 Å². The molecule has 0 unspecified atom stereocenters. The molecule has 9 heteroatoms. The van der Waals surface area contributed by atoms with Gasteiger partial charge in [-0.3, -0.25) is 9.52 Å². The maximum absolute atomic E-state index is 13.2. The summed E-state index contributed by atoms with van der Waals surface area (Å²) < 4.78 is 32.8. The Labute approximate surface area is 210 Å². The zero-order valence-corrected chi connectivity index (χ0v) is 20.9. The third kappa shape index (κ3) is 4.81. The summed E-state index contributed by atoms with van der Waals surface area (Å²) in [5, 5.41) is 8.89. The van der Waals surface area contributed by atoms with Crippen molar-refractivity contribution in [2.45, 2.75) is 31.3 Å². The highest BCUT2D eigenvalue weighted by molar-refractivity contribution is 7.92. The summed E-state index contributed by atoms with van der Waals surface area (Å²) in [7, 11) is -2.49. The van der Waals surface area contributed by atoms with Crippen molar-refractivity contribution < 1.29 is 22.7 Å². The van der Waals surface area contributed by atoms with Crippen LogP contribution < -0.4 is 4.72 Å². The molecule has 8 nitrogen and oxygen atoms in total. The Balaban J connectivity index is 1.53. The van der Waals surface area contributed by atoms with Crippen molar-refractivity contribution in [3.63, 3.8) is 0 Å². The molecule has 0 aliphatic carbocycles. The number of anilines is 1. The molecule has 1 aliphatic rings. The number of hydrogen-bond donors (Lipinski definition) is 1. The van der Waals surface area contributed by atoms with Gasteiger partial charge in [-0.1, -0.05) is 38.1 Å². The van der Waals surface area contributed by atoms with Crippen molar-refractivity contribution in [1.82, 2.24) is 4.90 Å². The van der Waals surface area contributed by atoms with Crippen LogP contribution in [0.1, 0.15) is 35.3 Å². The van der Waals surface area contributed by atoms with Crippen molar-refractivity contribution in [3.8, 4) is 17.2 Å². The monoisotopic (exact) mass is 503 g/mol. The van der Waals surface area contributed by atoms with Crippen LogP contribution in [0.5, 0.6) is 0 Å². The van der Waals surface area contributed by atoms with Gasteiger partial charge in [0.2, 0.25) is 0 Å². The summed E-state index contributed by atoms with van der Waals surface area (Å²) in [6.45, 7) is 4.09. The number of fused-ring (bicyclic) bond motifs is 1. The number of benzene rings is 3. The van der Waals surface area contributed by atoms with E-state index in [9.17, 15) is 18.0 Å². The van der Waals surface area contributed by atoms with Crippen LogP contribution in [0.4, 0.5) is 5.69 Å². The van der Waals surface area contributed by atoms with Crippen LogP contribution in [-0.4, -0.2) is 38.3 Å². The molecule has 0 saturated heterocycles. The molecule has 0 aromatic heterocycles. The molecule has 1 aliphatic heterocycles. The van der Waals surface area contributed by atoms with E-state index in [1.54, 1.807) is 35.2 Å². The van der Waals surface area contributed by atoms with Gasteiger partial charge in [0.05, 0.1) is 23.6 Å². The van der Waals surface area contributed by atoms with Crippen molar-refractivity contribution >= 4 is 27.6 Å². The molecule has 36 heavy (non-hydrogen) atoms. The summed E-state index contributed by atoms with van der Waals surface area (Å²) >= 11 is 0. The molecule has 1 heterocycles. The third-order valence-electron chi connectivity index (χ3n) is 6.12. The molecule has 4 rings (SSSR count). The summed E-state index contributed by atoms with van der Waals surface area (Å²) in [6, 6.07) is 19.3. The van der Waals surface area contributed by atoms with Crippen molar-refractivity contribution in [3.05, 3.63) is 83.4 Å². The molecular formula is C27H25N3O5S. The molecule has 184 valence electrons. The highest BCUT2D eigenvalue weighted by Gasteiger charge is 2.38. The lowest BCUT2D eigenvalue weighted by Gasteiger charge is -2.28. The third-order valence-corrected chi connectivity index (χ3v) is 7.51. The number of nitriles is 1. The fourth-order valence-electron chi connectivity index (χ4n) is 4.26. The van der Waals surface area contributed by atoms with Gasteiger partial charge in [-0.15, -0.1) is 0 Å². The van der Waals surface area contributed by atoms with E-state index < -0.39 is 22.0 Å². The number of carbonyl (C=O) groups is 2. The van der Waals surface area contributed by atoms with E-state index in [0.29, 0.717) is 23.4 Å². The Morgan fingerprint density at radius 2 is 1.67 bits per heavy atom. The van der Waals surface area contributed by atoms with E-state index in [1.165, 1.54) is 31.4 Å². The fraction of sp³-hybridized carbons (Fsp3) is 0.222. The Morgan fingerprint density at radius 1 is 1.03 bits per heavy atom. The topological polar surface area (TPSA) is 117 Å². The maximum atomic E-state index is 13.2. The first-order valence-corrected chi connectivity index (χ1v) is 12.8. The predicted molar refractivity (Wildman–Crippen MR) is 134 cm³/mol. The average Bonchev–Trinajstić information content (AvgIpc) is 3.19. The van der Waals surface area contributed by atoms with Gasteiger partial charge in [-0.05, 0) is 65.1 Å². The van der Waals surface area contributed by atoms with Gasteiger partial charge in [0.15, 0.2) is 0 Å². The molecule has 0 fully saturated rings. The maximum Gasteiger partial charge on any atom is 0.328 e. The number of nitrogens with one attached hydrogen (secondary N) is 1. The minimum atomic E-state index is -3.81. The van der Waals surface area contributed by atoms with E-state index in [1.807, 2.05) is 32.0 Å². The lowest BCUT2D eigenvalue weighted by Crippen LogP contribution is -2.45. The smallest absolute Gasteiger partial charge is 0.328 e. The molecule has 1 atom stereocenters. The molecule has 3 aromatic carbocycles. The molecule has 0 saturated carbocycles. The molecule has 1 N–H and O–H groups in total. The van der Waals surface area contributed by atoms with Crippen LogP contribution >= 0.6 is 0 Å². The van der Waals surface area contributed by atoms with E-state index in [0.717, 1.165) is 16.7 Å². The SMILES string of the molecule is COC(=O)[C@H](C(C)C)N1Cc2ccc(-c3ccc(NS(=O)(=O)c4ccc(C#N)cc4)cc3)cc2C1=O. The molecule has 0 bridgehead atoms. The molecule has 0 spiro atoms. The normalized spacial score (nSPS) is 13.8. The minimum absolute atomic E-state index is 0.0546. The minimum Gasteiger partial charge on any atom is -0.467 e. The summed E-state index contributed by atoms with van der Waals surface area (Å²) in [5.41, 5.74) is 3.73. The van der Waals surface area contributed by atoms with Gasteiger partial charge in [0.25, 0.3) is 15.9 Å². The van der Waals surface area contributed by atoms with Gasteiger partial charge < -0.3 is 9.64 Å². The summed E-state index contributed by atoms with van der Waals surface area (Å²) in [6.07, 6.45) is 0. The quantitative estimate of drug-likeness (QED) is 0.484. The average molecular weight is 504 g/mol. The Kier molecular flexibility index (Phi) is 6.82. The van der Waals surface area contributed by atoms with Gasteiger partial charge in [0, 0.05) is 17.8 Å². The Bertz CT molecular complexity index is 1460. The zero-order valence-electron chi connectivity index (χ0n) is 20.1. The second-order valence-corrected chi connectivity index (χ2v) is 10.5. The van der Waals surface area contributed by atoms with Crippen LogP contribution in [0.15, 0.2) is 71.6 Å². The largest absolute Gasteiger partial charge is 0.467 e. The first-order chi connectivity index (χ1) is 17.1. The van der Waals surface area contributed by atoms with Gasteiger partial charge in [-0.2, -0.15) is 5.26 Å². The second-order valence-electron chi connectivity index (χ2n) is 8.84. The standard InChI is InChI=1S/C27H25N3O5S/c1-17(2)25(27(32)35-3)30-16-21-7-6-20(14-24(21)26(30)31)19-8-10-22(11-9-19)29-36(33,34)23-12-4-18(15-28)5-13-23/h4-14,17,25,29H,16H2,1-3H3/t25-/m0/s1.